The number of benzene rings is 1. The fourth-order valence-corrected chi connectivity index (χ4v) is 2.78. The average Bonchev–Trinajstić information content (AvgIpc) is 3.19. The Balaban J connectivity index is 1.72. The maximum absolute atomic E-state index is 12.1. The Hall–Kier alpha value is -3.41. The SMILES string of the molecule is O=C(CC(F)(F)F)Nc1ccc(NC(=O)C(=O)NCCNC(=O)c2cccs2)cc1. The molecule has 1 aromatic heterocycles. The van der Waals surface area contributed by atoms with Crippen molar-refractivity contribution in [2.24, 2.45) is 0 Å². The van der Waals surface area contributed by atoms with Gasteiger partial charge in [-0.3, -0.25) is 19.2 Å². The highest BCUT2D eigenvalue weighted by Gasteiger charge is 2.31. The van der Waals surface area contributed by atoms with E-state index in [1.165, 1.54) is 35.6 Å². The Kier molecular flexibility index (Phi) is 7.92. The Morgan fingerprint density at radius 2 is 1.43 bits per heavy atom. The third kappa shape index (κ3) is 7.91. The Morgan fingerprint density at radius 3 is 2.00 bits per heavy atom. The number of carbonyl (C=O) groups excluding carboxylic acids is 4. The van der Waals surface area contributed by atoms with Crippen molar-refractivity contribution >= 4 is 46.3 Å². The molecule has 0 bridgehead atoms. The van der Waals surface area contributed by atoms with Crippen LogP contribution in [0.4, 0.5) is 24.5 Å². The van der Waals surface area contributed by atoms with E-state index in [1.54, 1.807) is 17.5 Å². The lowest BCUT2D eigenvalue weighted by atomic mass is 10.2. The summed E-state index contributed by atoms with van der Waals surface area (Å²) >= 11 is 1.27. The van der Waals surface area contributed by atoms with Crippen molar-refractivity contribution in [3.8, 4) is 0 Å². The van der Waals surface area contributed by atoms with Gasteiger partial charge in [-0.15, -0.1) is 11.3 Å². The fourth-order valence-electron chi connectivity index (χ4n) is 2.14. The molecule has 0 saturated carbocycles. The summed E-state index contributed by atoms with van der Waals surface area (Å²) in [5, 5.41) is 11.0. The summed E-state index contributed by atoms with van der Waals surface area (Å²) in [4.78, 5) is 47.1. The van der Waals surface area contributed by atoms with Gasteiger partial charge in [-0.25, -0.2) is 0 Å². The van der Waals surface area contributed by atoms with E-state index < -0.39 is 30.3 Å². The van der Waals surface area contributed by atoms with Gasteiger partial charge in [0.05, 0.1) is 4.88 Å². The van der Waals surface area contributed by atoms with E-state index in [-0.39, 0.29) is 30.4 Å². The first-order valence-corrected chi connectivity index (χ1v) is 9.39. The molecule has 4 amide bonds. The van der Waals surface area contributed by atoms with Crippen LogP contribution >= 0.6 is 11.3 Å². The molecule has 0 fully saturated rings. The molecule has 0 aliphatic carbocycles. The van der Waals surface area contributed by atoms with Gasteiger partial charge in [0.15, 0.2) is 0 Å². The summed E-state index contributed by atoms with van der Waals surface area (Å²) in [7, 11) is 0. The minimum absolute atomic E-state index is 0.0353. The number of alkyl halides is 3. The van der Waals surface area contributed by atoms with Gasteiger partial charge in [-0.2, -0.15) is 13.2 Å². The highest BCUT2D eigenvalue weighted by Crippen LogP contribution is 2.21. The summed E-state index contributed by atoms with van der Waals surface area (Å²) in [6, 6.07) is 8.57. The van der Waals surface area contributed by atoms with E-state index in [2.05, 4.69) is 21.3 Å². The van der Waals surface area contributed by atoms with Crippen LogP contribution in [0.5, 0.6) is 0 Å². The second-order valence-corrected chi connectivity index (χ2v) is 6.81. The molecular weight excluding hydrogens is 425 g/mol. The number of halogens is 3. The molecule has 0 radical (unpaired) electrons. The summed E-state index contributed by atoms with van der Waals surface area (Å²) in [5.41, 5.74) is 0.308. The van der Waals surface area contributed by atoms with Crippen molar-refractivity contribution in [2.45, 2.75) is 12.6 Å². The minimum Gasteiger partial charge on any atom is -0.350 e. The van der Waals surface area contributed by atoms with Crippen LogP contribution in [0.15, 0.2) is 41.8 Å². The van der Waals surface area contributed by atoms with Gasteiger partial charge in [0.1, 0.15) is 6.42 Å². The van der Waals surface area contributed by atoms with Crippen molar-refractivity contribution in [1.82, 2.24) is 10.6 Å². The molecule has 2 rings (SSSR count). The lowest BCUT2D eigenvalue weighted by molar-refractivity contribution is -0.150. The van der Waals surface area contributed by atoms with Gasteiger partial charge in [-0.1, -0.05) is 6.07 Å². The molecule has 4 N–H and O–H groups in total. The van der Waals surface area contributed by atoms with Gasteiger partial charge in [-0.05, 0) is 35.7 Å². The molecule has 12 heteroatoms. The maximum atomic E-state index is 12.1. The zero-order valence-corrected chi connectivity index (χ0v) is 16.2. The van der Waals surface area contributed by atoms with Gasteiger partial charge < -0.3 is 21.3 Å². The minimum atomic E-state index is -4.61. The van der Waals surface area contributed by atoms with Crippen LogP contribution in [0, 0.1) is 0 Å². The average molecular weight is 442 g/mol. The Morgan fingerprint density at radius 1 is 0.833 bits per heavy atom. The van der Waals surface area contributed by atoms with Crippen LogP contribution in [-0.2, 0) is 14.4 Å². The van der Waals surface area contributed by atoms with Gasteiger partial charge in [0.25, 0.3) is 5.91 Å². The molecule has 0 atom stereocenters. The lowest BCUT2D eigenvalue weighted by Gasteiger charge is -2.09. The van der Waals surface area contributed by atoms with E-state index >= 15 is 0 Å². The van der Waals surface area contributed by atoms with E-state index in [9.17, 15) is 32.3 Å². The summed E-state index contributed by atoms with van der Waals surface area (Å²) in [5.74, 6) is -3.40. The normalized spacial score (nSPS) is 10.8. The molecule has 0 spiro atoms. The van der Waals surface area contributed by atoms with Crippen molar-refractivity contribution < 1.29 is 32.3 Å². The van der Waals surface area contributed by atoms with Gasteiger partial charge in [0.2, 0.25) is 5.91 Å². The van der Waals surface area contributed by atoms with E-state index in [0.717, 1.165) is 0 Å². The summed E-state index contributed by atoms with van der Waals surface area (Å²) in [6.07, 6.45) is -6.22. The molecule has 1 heterocycles. The van der Waals surface area contributed by atoms with Crippen molar-refractivity contribution in [2.75, 3.05) is 23.7 Å². The van der Waals surface area contributed by atoms with Crippen LogP contribution in [0.2, 0.25) is 0 Å². The molecule has 1 aromatic carbocycles. The number of carbonyl (C=O) groups is 4. The molecule has 30 heavy (non-hydrogen) atoms. The van der Waals surface area contributed by atoms with Crippen LogP contribution in [0.1, 0.15) is 16.1 Å². The molecular formula is C18H17F3N4O4S. The monoisotopic (exact) mass is 442 g/mol. The third-order valence-electron chi connectivity index (χ3n) is 3.43. The molecule has 0 unspecified atom stereocenters. The van der Waals surface area contributed by atoms with Gasteiger partial charge in [0, 0.05) is 24.5 Å². The van der Waals surface area contributed by atoms with Crippen LogP contribution in [0.25, 0.3) is 0 Å². The number of hydrogen-bond acceptors (Lipinski definition) is 5. The standard InChI is InChI=1S/C18H17F3N4O4S/c19-18(20,21)10-14(26)24-11-3-5-12(6-4-11)25-17(29)16(28)23-8-7-22-15(27)13-2-1-9-30-13/h1-6,9H,7-8,10H2,(H,22,27)(H,23,28)(H,24,26)(H,25,29). The quantitative estimate of drug-likeness (QED) is 0.388. The van der Waals surface area contributed by atoms with Crippen molar-refractivity contribution in [3.05, 3.63) is 46.7 Å². The molecule has 0 aliphatic rings. The number of thiophene rings is 1. The molecule has 0 saturated heterocycles. The van der Waals surface area contributed by atoms with Crippen LogP contribution < -0.4 is 21.3 Å². The fraction of sp³-hybridized carbons (Fsp3) is 0.222. The van der Waals surface area contributed by atoms with Gasteiger partial charge >= 0.3 is 18.0 Å². The smallest absolute Gasteiger partial charge is 0.350 e. The number of hydrogen-bond donors (Lipinski definition) is 4. The van der Waals surface area contributed by atoms with E-state index in [4.69, 9.17) is 0 Å². The van der Waals surface area contributed by atoms with E-state index in [0.29, 0.717) is 4.88 Å². The first-order chi connectivity index (χ1) is 14.1. The second-order valence-electron chi connectivity index (χ2n) is 5.86. The molecule has 2 aromatic rings. The number of rotatable bonds is 7. The highest BCUT2D eigenvalue weighted by molar-refractivity contribution is 7.12. The zero-order valence-electron chi connectivity index (χ0n) is 15.3. The van der Waals surface area contributed by atoms with Crippen LogP contribution in [0.3, 0.4) is 0 Å². The first-order valence-electron chi connectivity index (χ1n) is 8.51. The predicted molar refractivity (Wildman–Crippen MR) is 104 cm³/mol. The molecule has 160 valence electrons. The first kappa shape index (κ1) is 22.9. The Bertz CT molecular complexity index is 899. The maximum Gasteiger partial charge on any atom is 0.397 e. The summed E-state index contributed by atoms with van der Waals surface area (Å²) < 4.78 is 36.4. The summed E-state index contributed by atoms with van der Waals surface area (Å²) in [6.45, 7) is 0.162. The zero-order chi connectivity index (χ0) is 22.1. The third-order valence-corrected chi connectivity index (χ3v) is 4.30. The topological polar surface area (TPSA) is 116 Å². The largest absolute Gasteiger partial charge is 0.397 e. The Labute approximate surface area is 172 Å². The number of anilines is 2. The number of nitrogens with one attached hydrogen (secondary N) is 4. The van der Waals surface area contributed by atoms with Crippen molar-refractivity contribution in [3.63, 3.8) is 0 Å². The predicted octanol–water partition coefficient (Wildman–Crippen LogP) is 2.12. The second kappa shape index (κ2) is 10.4. The lowest BCUT2D eigenvalue weighted by Crippen LogP contribution is -2.40. The van der Waals surface area contributed by atoms with Crippen molar-refractivity contribution in [1.29, 1.82) is 0 Å². The highest BCUT2D eigenvalue weighted by atomic mass is 32.1. The molecule has 8 nitrogen and oxygen atoms in total. The molecule has 0 aliphatic heterocycles. The van der Waals surface area contributed by atoms with Crippen LogP contribution in [-0.4, -0.2) is 42.9 Å². The van der Waals surface area contributed by atoms with E-state index in [1.807, 2.05) is 0 Å². The number of amides is 4.